The maximum Gasteiger partial charge on any atom is 0.140 e. The normalized spacial score (nSPS) is 11.0. The molecule has 0 amide bonds. The van der Waals surface area contributed by atoms with Crippen molar-refractivity contribution in [3.05, 3.63) is 94.1 Å². The Hall–Kier alpha value is -3.71. The minimum Gasteiger partial charge on any atom is -0.545 e. The molecule has 0 aliphatic rings. The maximum atomic E-state index is 11.0. The van der Waals surface area contributed by atoms with Crippen LogP contribution < -0.4 is 14.6 Å². The van der Waals surface area contributed by atoms with Crippen molar-refractivity contribution in [1.29, 1.82) is 0 Å². The first-order valence-corrected chi connectivity index (χ1v) is 13.5. The van der Waals surface area contributed by atoms with Crippen LogP contribution in [0.1, 0.15) is 71.9 Å². The number of carbonyl (C=O) groups excluding carboxylic acids is 1. The summed E-state index contributed by atoms with van der Waals surface area (Å²) in [6.45, 7) is 5.25. The van der Waals surface area contributed by atoms with Crippen LogP contribution in [0.25, 0.3) is 11.3 Å². The van der Waals surface area contributed by atoms with Crippen LogP contribution in [0.15, 0.2) is 72.4 Å². The van der Waals surface area contributed by atoms with Gasteiger partial charge in [-0.3, -0.25) is 4.98 Å². The second kappa shape index (κ2) is 13.0. The zero-order valence-electron chi connectivity index (χ0n) is 21.2. The number of carboxylic acid groups (broad SMARTS) is 1. The van der Waals surface area contributed by atoms with Crippen LogP contribution >= 0.6 is 11.3 Å². The van der Waals surface area contributed by atoms with E-state index in [1.165, 1.54) is 61.0 Å². The predicted octanol–water partition coefficient (Wildman–Crippen LogP) is 6.41. The first-order valence-electron chi connectivity index (χ1n) is 12.6. The number of nitrogens with zero attached hydrogens (tertiary/aromatic N) is 2. The zero-order valence-corrected chi connectivity index (χ0v) is 22.0. The molecule has 0 aliphatic carbocycles. The number of aromatic nitrogens is 2. The Morgan fingerprint density at radius 1 is 0.919 bits per heavy atom. The largest absolute Gasteiger partial charge is 0.545 e. The summed E-state index contributed by atoms with van der Waals surface area (Å²) in [5.74, 6) is 0.522. The molecular weight excluding hydrogens is 484 g/mol. The van der Waals surface area contributed by atoms with E-state index in [0.717, 1.165) is 27.6 Å². The third-order valence-electron chi connectivity index (χ3n) is 6.14. The smallest absolute Gasteiger partial charge is 0.140 e. The molecule has 37 heavy (non-hydrogen) atoms. The number of pyridine rings is 1. The molecule has 0 atom stereocenters. The summed E-state index contributed by atoms with van der Waals surface area (Å²) in [7, 11) is 0. The number of rotatable bonds is 13. The Bertz CT molecular complexity index is 1280. The van der Waals surface area contributed by atoms with Gasteiger partial charge in [-0.2, -0.15) is 0 Å². The fourth-order valence-corrected chi connectivity index (χ4v) is 4.93. The van der Waals surface area contributed by atoms with Gasteiger partial charge in [-0.1, -0.05) is 51.0 Å². The summed E-state index contributed by atoms with van der Waals surface area (Å²) in [4.78, 5) is 19.5. The highest BCUT2D eigenvalue weighted by molar-refractivity contribution is 7.09. The fourth-order valence-electron chi connectivity index (χ4n) is 4.21. The molecule has 2 aromatic carbocycles. The molecule has 0 spiro atoms. The predicted molar refractivity (Wildman–Crippen MR) is 144 cm³/mol. The van der Waals surface area contributed by atoms with Crippen LogP contribution in [0.4, 0.5) is 0 Å². The summed E-state index contributed by atoms with van der Waals surface area (Å²) in [6, 6.07) is 18.1. The lowest BCUT2D eigenvalue weighted by molar-refractivity contribution is -0.255. The number of hydrogen-bond donors (Lipinski definition) is 0. The fraction of sp³-hybridized carbons (Fsp3) is 0.300. The number of hydrogen-bond acceptors (Lipinski definition) is 7. The van der Waals surface area contributed by atoms with Crippen LogP contribution in [0, 0.1) is 0 Å². The van der Waals surface area contributed by atoms with Crippen LogP contribution in [0.5, 0.6) is 11.5 Å². The lowest BCUT2D eigenvalue weighted by Gasteiger charge is -2.16. The molecule has 0 fully saturated rings. The lowest BCUT2D eigenvalue weighted by atomic mass is 9.90. The van der Waals surface area contributed by atoms with Crippen LogP contribution in [0.3, 0.4) is 0 Å². The first kappa shape index (κ1) is 26.4. The molecule has 2 heterocycles. The molecule has 192 valence electrons. The summed E-state index contributed by atoms with van der Waals surface area (Å²) >= 11 is 1.48. The van der Waals surface area contributed by atoms with Gasteiger partial charge in [0.25, 0.3) is 0 Å². The van der Waals surface area contributed by atoms with E-state index in [1.807, 2.05) is 29.6 Å². The Labute approximate surface area is 222 Å². The van der Waals surface area contributed by atoms with Gasteiger partial charge in [0.1, 0.15) is 29.7 Å². The van der Waals surface area contributed by atoms with E-state index in [1.54, 1.807) is 0 Å². The average Bonchev–Trinajstić information content (AvgIpc) is 3.40. The molecule has 0 radical (unpaired) electrons. The Morgan fingerprint density at radius 2 is 1.62 bits per heavy atom. The van der Waals surface area contributed by atoms with Crippen molar-refractivity contribution in [2.75, 3.05) is 0 Å². The third kappa shape index (κ3) is 7.40. The minimum absolute atomic E-state index is 0.0239. The first-order chi connectivity index (χ1) is 18.1. The number of ether oxygens (including phenoxy) is 2. The zero-order chi connectivity index (χ0) is 26.0. The number of thiazole rings is 1. The Kier molecular flexibility index (Phi) is 9.27. The van der Waals surface area contributed by atoms with Gasteiger partial charge in [0.15, 0.2) is 0 Å². The van der Waals surface area contributed by atoms with Gasteiger partial charge >= 0.3 is 0 Å². The second-order valence-electron chi connectivity index (χ2n) is 8.94. The summed E-state index contributed by atoms with van der Waals surface area (Å²) < 4.78 is 11.7. The molecule has 7 heteroatoms. The van der Waals surface area contributed by atoms with E-state index in [0.29, 0.717) is 18.3 Å². The van der Waals surface area contributed by atoms with Gasteiger partial charge in [-0.25, -0.2) is 4.98 Å². The second-order valence-corrected chi connectivity index (χ2v) is 9.88. The van der Waals surface area contributed by atoms with Crippen molar-refractivity contribution in [3.63, 3.8) is 0 Å². The van der Waals surface area contributed by atoms with Crippen LogP contribution in [-0.2, 0) is 13.2 Å². The van der Waals surface area contributed by atoms with Crippen molar-refractivity contribution < 1.29 is 19.4 Å². The van der Waals surface area contributed by atoms with E-state index >= 15 is 0 Å². The van der Waals surface area contributed by atoms with E-state index in [4.69, 9.17) is 9.47 Å². The molecule has 0 bridgehead atoms. The number of carbonyl (C=O) groups is 1. The van der Waals surface area contributed by atoms with Crippen LogP contribution in [0.2, 0.25) is 0 Å². The Balaban J connectivity index is 1.30. The van der Waals surface area contributed by atoms with Crippen molar-refractivity contribution in [1.82, 2.24) is 9.97 Å². The third-order valence-corrected chi connectivity index (χ3v) is 6.97. The molecule has 4 aromatic rings. The Morgan fingerprint density at radius 3 is 2.30 bits per heavy atom. The van der Waals surface area contributed by atoms with Gasteiger partial charge in [0, 0.05) is 22.7 Å². The molecule has 6 nitrogen and oxygen atoms in total. The lowest BCUT2D eigenvalue weighted by Crippen LogP contribution is -2.22. The minimum atomic E-state index is -1.29. The maximum absolute atomic E-state index is 11.0. The molecule has 4 rings (SSSR count). The highest BCUT2D eigenvalue weighted by atomic mass is 32.1. The monoisotopic (exact) mass is 515 g/mol. The summed E-state index contributed by atoms with van der Waals surface area (Å²) in [6.07, 6.45) is 7.58. The topological polar surface area (TPSA) is 84.4 Å². The van der Waals surface area contributed by atoms with Gasteiger partial charge in [0.05, 0.1) is 17.9 Å². The number of carboxylic acids is 1. The van der Waals surface area contributed by atoms with Crippen molar-refractivity contribution in [3.8, 4) is 22.8 Å². The molecule has 0 saturated carbocycles. The quantitative estimate of drug-likeness (QED) is 0.205. The van der Waals surface area contributed by atoms with E-state index in [-0.39, 0.29) is 12.2 Å². The summed E-state index contributed by atoms with van der Waals surface area (Å²) in [5, 5.41) is 13.7. The number of aromatic carboxylic acids is 1. The highest BCUT2D eigenvalue weighted by Gasteiger charge is 2.10. The molecule has 0 unspecified atom stereocenters. The summed E-state index contributed by atoms with van der Waals surface area (Å²) in [5.41, 5.74) is 4.39. The van der Waals surface area contributed by atoms with Crippen molar-refractivity contribution in [2.24, 2.45) is 0 Å². The average molecular weight is 516 g/mol. The van der Waals surface area contributed by atoms with Gasteiger partial charge in [-0.15, -0.1) is 11.3 Å². The van der Waals surface area contributed by atoms with Gasteiger partial charge in [0.2, 0.25) is 0 Å². The van der Waals surface area contributed by atoms with Crippen LogP contribution in [-0.4, -0.2) is 15.9 Å². The molecule has 0 N–H and O–H groups in total. The van der Waals surface area contributed by atoms with E-state index in [2.05, 4.69) is 48.1 Å². The highest BCUT2D eigenvalue weighted by Crippen LogP contribution is 2.28. The molecule has 2 aromatic heterocycles. The standard InChI is InChI=1S/C30H32N2O4S/c1-3-5-22(6-4-2)23-9-7-21(8-10-23)18-35-26-13-11-24(12-14-26)28-20-37-29(32-28)19-36-27-15-25(30(33)34)16-31-17-27/h7-17,20,22H,3-6,18-19H2,1-2H3,(H,33,34)/p-1. The SMILES string of the molecule is CCCC(CCC)c1ccc(COc2ccc(-c3csc(COc4cncc(C(=O)[O-])c4)n3)cc2)cc1. The molecular formula is C30H31N2O4S-. The van der Waals surface area contributed by atoms with Gasteiger partial charge in [-0.05, 0) is 60.2 Å². The molecule has 0 saturated heterocycles. The van der Waals surface area contributed by atoms with Crippen molar-refractivity contribution in [2.45, 2.75) is 58.7 Å². The van der Waals surface area contributed by atoms with E-state index in [9.17, 15) is 9.90 Å². The van der Waals surface area contributed by atoms with Gasteiger partial charge < -0.3 is 19.4 Å². The van der Waals surface area contributed by atoms with E-state index < -0.39 is 5.97 Å². The molecule has 0 aliphatic heterocycles. The number of benzene rings is 2. The van der Waals surface area contributed by atoms with Crippen molar-refractivity contribution >= 4 is 17.3 Å².